The van der Waals surface area contributed by atoms with Crippen molar-refractivity contribution in [3.63, 3.8) is 0 Å². The summed E-state index contributed by atoms with van der Waals surface area (Å²) in [6.45, 7) is 0. The minimum atomic E-state index is -3.92. The standard InChI is InChI=1S/C24H21F2N3O4S/c1-32-18-9-3-15(4-10-18)21-22(24(25)26)28-29(17-7-11-19(33-2)12-8-17)23(21)16-5-13-20(14-6-16)34(27,30)31/h3-14,24H,1-2H3,(H2,27,30,31). The third kappa shape index (κ3) is 4.50. The normalized spacial score (nSPS) is 11.6. The number of halogens is 2. The summed E-state index contributed by atoms with van der Waals surface area (Å²) >= 11 is 0. The van der Waals surface area contributed by atoms with Gasteiger partial charge in [-0.05, 0) is 54.1 Å². The quantitative estimate of drug-likeness (QED) is 0.405. The molecular formula is C24H21F2N3O4S. The number of rotatable bonds is 7. The van der Waals surface area contributed by atoms with Crippen LogP contribution >= 0.6 is 0 Å². The van der Waals surface area contributed by atoms with E-state index < -0.39 is 22.1 Å². The average Bonchev–Trinajstić information content (AvgIpc) is 3.24. The van der Waals surface area contributed by atoms with E-state index in [9.17, 15) is 17.2 Å². The zero-order valence-electron chi connectivity index (χ0n) is 18.3. The molecule has 1 heterocycles. The third-order valence-electron chi connectivity index (χ3n) is 5.27. The van der Waals surface area contributed by atoms with Crippen LogP contribution in [-0.4, -0.2) is 32.4 Å². The largest absolute Gasteiger partial charge is 0.497 e. The Morgan fingerprint density at radius 2 is 1.32 bits per heavy atom. The molecule has 7 nitrogen and oxygen atoms in total. The van der Waals surface area contributed by atoms with Crippen LogP contribution in [0.3, 0.4) is 0 Å². The number of benzene rings is 3. The number of primary sulfonamides is 1. The molecule has 0 spiro atoms. The Morgan fingerprint density at radius 1 is 0.824 bits per heavy atom. The Morgan fingerprint density at radius 3 is 1.79 bits per heavy atom. The summed E-state index contributed by atoms with van der Waals surface area (Å²) < 4.78 is 63.6. The number of nitrogens with zero attached hydrogens (tertiary/aromatic N) is 2. The summed E-state index contributed by atoms with van der Waals surface area (Å²) in [4.78, 5) is -0.0909. The first kappa shape index (κ1) is 23.4. The van der Waals surface area contributed by atoms with Crippen LogP contribution in [0.4, 0.5) is 8.78 Å². The number of hydrogen-bond acceptors (Lipinski definition) is 5. The van der Waals surface area contributed by atoms with Crippen LogP contribution in [0, 0.1) is 0 Å². The van der Waals surface area contributed by atoms with Crippen molar-refractivity contribution in [2.75, 3.05) is 14.2 Å². The van der Waals surface area contributed by atoms with Crippen molar-refractivity contribution in [3.8, 4) is 39.6 Å². The van der Waals surface area contributed by atoms with Gasteiger partial charge in [0.15, 0.2) is 0 Å². The molecule has 4 rings (SSSR count). The fourth-order valence-corrected chi connectivity index (χ4v) is 4.12. The molecular weight excluding hydrogens is 464 g/mol. The van der Waals surface area contributed by atoms with E-state index in [1.165, 1.54) is 43.2 Å². The second-order valence-electron chi connectivity index (χ2n) is 7.32. The van der Waals surface area contributed by atoms with Crippen molar-refractivity contribution in [2.45, 2.75) is 11.3 Å². The molecule has 4 aromatic rings. The molecule has 0 bridgehead atoms. The van der Waals surface area contributed by atoms with Gasteiger partial charge in [0.2, 0.25) is 10.0 Å². The number of methoxy groups -OCH3 is 2. The number of alkyl halides is 2. The number of nitrogens with two attached hydrogens (primary N) is 1. The van der Waals surface area contributed by atoms with E-state index >= 15 is 0 Å². The Balaban J connectivity index is 2.01. The lowest BCUT2D eigenvalue weighted by Gasteiger charge is -2.12. The average molecular weight is 486 g/mol. The van der Waals surface area contributed by atoms with Gasteiger partial charge in [0.25, 0.3) is 6.43 Å². The van der Waals surface area contributed by atoms with Crippen LogP contribution < -0.4 is 14.6 Å². The van der Waals surface area contributed by atoms with E-state index in [2.05, 4.69) is 5.10 Å². The Kier molecular flexibility index (Phi) is 6.36. The summed E-state index contributed by atoms with van der Waals surface area (Å²) in [7, 11) is -0.881. The highest BCUT2D eigenvalue weighted by Gasteiger charge is 2.27. The highest BCUT2D eigenvalue weighted by atomic mass is 32.2. The van der Waals surface area contributed by atoms with E-state index in [0.29, 0.717) is 34.0 Å². The molecule has 3 aromatic carbocycles. The predicted molar refractivity (Wildman–Crippen MR) is 124 cm³/mol. The van der Waals surface area contributed by atoms with Crippen molar-refractivity contribution >= 4 is 10.0 Å². The molecule has 2 N–H and O–H groups in total. The van der Waals surface area contributed by atoms with Crippen molar-refractivity contribution in [2.24, 2.45) is 5.14 Å². The summed E-state index contributed by atoms with van der Waals surface area (Å²) in [5, 5.41) is 9.47. The van der Waals surface area contributed by atoms with Gasteiger partial charge in [-0.2, -0.15) is 5.10 Å². The molecule has 0 saturated heterocycles. The van der Waals surface area contributed by atoms with E-state index in [-0.39, 0.29) is 10.5 Å². The molecule has 176 valence electrons. The molecule has 0 amide bonds. The maximum atomic E-state index is 14.2. The van der Waals surface area contributed by atoms with Crippen molar-refractivity contribution in [1.29, 1.82) is 0 Å². The van der Waals surface area contributed by atoms with Crippen LogP contribution in [0.25, 0.3) is 28.1 Å². The molecule has 0 aliphatic rings. The summed E-state index contributed by atoms with van der Waals surface area (Å²) in [5.41, 5.74) is 1.68. The van der Waals surface area contributed by atoms with Crippen LogP contribution in [-0.2, 0) is 10.0 Å². The fourth-order valence-electron chi connectivity index (χ4n) is 3.61. The molecule has 0 atom stereocenters. The van der Waals surface area contributed by atoms with Gasteiger partial charge in [-0.25, -0.2) is 27.0 Å². The zero-order valence-corrected chi connectivity index (χ0v) is 19.1. The zero-order chi connectivity index (χ0) is 24.5. The lowest BCUT2D eigenvalue weighted by atomic mass is 9.98. The van der Waals surface area contributed by atoms with Crippen molar-refractivity contribution in [1.82, 2.24) is 9.78 Å². The second-order valence-corrected chi connectivity index (χ2v) is 8.88. The van der Waals surface area contributed by atoms with Crippen molar-refractivity contribution in [3.05, 3.63) is 78.5 Å². The molecule has 34 heavy (non-hydrogen) atoms. The van der Waals surface area contributed by atoms with Crippen LogP contribution in [0.1, 0.15) is 12.1 Å². The number of aromatic nitrogens is 2. The topological polar surface area (TPSA) is 96.4 Å². The number of ether oxygens (including phenoxy) is 2. The number of hydrogen-bond donors (Lipinski definition) is 1. The monoisotopic (exact) mass is 485 g/mol. The molecule has 0 aliphatic heterocycles. The molecule has 0 fully saturated rings. The minimum Gasteiger partial charge on any atom is -0.497 e. The fraction of sp³-hybridized carbons (Fsp3) is 0.125. The van der Waals surface area contributed by atoms with Gasteiger partial charge in [-0.3, -0.25) is 0 Å². The van der Waals surface area contributed by atoms with Crippen LogP contribution in [0.5, 0.6) is 11.5 Å². The molecule has 0 saturated carbocycles. The first-order chi connectivity index (χ1) is 16.2. The molecule has 0 aliphatic carbocycles. The van der Waals surface area contributed by atoms with Gasteiger partial charge in [-0.1, -0.05) is 24.3 Å². The first-order valence-electron chi connectivity index (χ1n) is 10.1. The van der Waals surface area contributed by atoms with Crippen LogP contribution in [0.2, 0.25) is 0 Å². The van der Waals surface area contributed by atoms with Gasteiger partial charge in [-0.15, -0.1) is 0 Å². The minimum absolute atomic E-state index is 0.0909. The van der Waals surface area contributed by atoms with E-state index in [0.717, 1.165) is 0 Å². The maximum Gasteiger partial charge on any atom is 0.282 e. The number of sulfonamides is 1. The van der Waals surface area contributed by atoms with E-state index in [4.69, 9.17) is 14.6 Å². The van der Waals surface area contributed by atoms with Gasteiger partial charge >= 0.3 is 0 Å². The maximum absolute atomic E-state index is 14.2. The van der Waals surface area contributed by atoms with E-state index in [1.807, 2.05) is 0 Å². The Bertz CT molecular complexity index is 1400. The summed E-state index contributed by atoms with van der Waals surface area (Å²) in [5.74, 6) is 1.17. The SMILES string of the molecule is COc1ccc(-c2c(C(F)F)nn(-c3ccc(OC)cc3)c2-c2ccc(S(N)(=O)=O)cc2)cc1. The molecule has 0 radical (unpaired) electrons. The smallest absolute Gasteiger partial charge is 0.282 e. The van der Waals surface area contributed by atoms with Gasteiger partial charge < -0.3 is 9.47 Å². The Hall–Kier alpha value is -3.76. The first-order valence-corrected chi connectivity index (χ1v) is 11.6. The van der Waals surface area contributed by atoms with Gasteiger partial charge in [0.1, 0.15) is 17.2 Å². The molecule has 1 aromatic heterocycles. The second kappa shape index (κ2) is 9.24. The van der Waals surface area contributed by atoms with Crippen molar-refractivity contribution < 1.29 is 26.7 Å². The lowest BCUT2D eigenvalue weighted by Crippen LogP contribution is -2.11. The lowest BCUT2D eigenvalue weighted by molar-refractivity contribution is 0.146. The summed E-state index contributed by atoms with van der Waals surface area (Å²) in [6, 6.07) is 19.1. The van der Waals surface area contributed by atoms with E-state index in [1.54, 1.807) is 48.5 Å². The highest BCUT2D eigenvalue weighted by Crippen LogP contribution is 2.41. The highest BCUT2D eigenvalue weighted by molar-refractivity contribution is 7.89. The molecule has 0 unspecified atom stereocenters. The molecule has 10 heteroatoms. The summed E-state index contributed by atoms with van der Waals surface area (Å²) in [6.07, 6.45) is -2.86. The van der Waals surface area contributed by atoms with Crippen LogP contribution in [0.15, 0.2) is 77.7 Å². The Labute approximate surface area is 195 Å². The predicted octanol–water partition coefficient (Wildman–Crippen LogP) is 4.81. The van der Waals surface area contributed by atoms with Gasteiger partial charge in [0, 0.05) is 11.1 Å². The van der Waals surface area contributed by atoms with Gasteiger partial charge in [0.05, 0.1) is 30.5 Å². The third-order valence-corrected chi connectivity index (χ3v) is 6.20.